The highest BCUT2D eigenvalue weighted by atomic mass is 32.1. The third kappa shape index (κ3) is 7.55. The Bertz CT molecular complexity index is 936. The fourth-order valence-corrected chi connectivity index (χ4v) is 4.54. The van der Waals surface area contributed by atoms with Crippen LogP contribution in [-0.2, 0) is 33.8 Å². The molecule has 1 aromatic heterocycles. The summed E-state index contributed by atoms with van der Waals surface area (Å²) in [6, 6.07) is 9.12. The summed E-state index contributed by atoms with van der Waals surface area (Å²) in [6.45, 7) is 1.51. The maximum Gasteiger partial charge on any atom is 0.422 e. The Kier molecular flexibility index (Phi) is 8.24. The van der Waals surface area contributed by atoms with Crippen LogP contribution in [0.5, 0.6) is 5.19 Å². The van der Waals surface area contributed by atoms with Gasteiger partial charge in [0.2, 0.25) is 0 Å². The fourth-order valence-electron chi connectivity index (χ4n) is 3.64. The average Bonchev–Trinajstić information content (AvgIpc) is 3.24. The molecule has 0 saturated carbocycles. The van der Waals surface area contributed by atoms with Crippen molar-refractivity contribution in [1.82, 2.24) is 15.2 Å². The Morgan fingerprint density at radius 3 is 2.74 bits per heavy atom. The lowest BCUT2D eigenvalue weighted by Gasteiger charge is -2.32. The van der Waals surface area contributed by atoms with Gasteiger partial charge in [0, 0.05) is 30.9 Å². The van der Waals surface area contributed by atoms with Gasteiger partial charge < -0.3 is 24.3 Å². The second-order valence-electron chi connectivity index (χ2n) is 8.07. The normalized spacial score (nSPS) is 21.0. The maximum atomic E-state index is 12.3. The minimum Gasteiger partial charge on any atom is -0.460 e. The van der Waals surface area contributed by atoms with Gasteiger partial charge in [-0.2, -0.15) is 13.2 Å². The number of rotatable bonds is 8. The number of alkyl halides is 3. The van der Waals surface area contributed by atoms with Crippen LogP contribution in [0.4, 0.5) is 18.0 Å². The van der Waals surface area contributed by atoms with Gasteiger partial charge in [-0.3, -0.25) is 4.90 Å². The molecule has 0 bridgehead atoms. The molecule has 2 aliphatic heterocycles. The molecule has 0 radical (unpaired) electrons. The Morgan fingerprint density at radius 1 is 1.24 bits per heavy atom. The van der Waals surface area contributed by atoms with Crippen molar-refractivity contribution < 1.29 is 36.9 Å². The predicted octanol–water partition coefficient (Wildman–Crippen LogP) is 3.50. The second-order valence-corrected chi connectivity index (χ2v) is 9.11. The number of alkyl carbamates (subject to hydrolysis) is 1. The highest BCUT2D eigenvalue weighted by molar-refractivity contribution is 7.13. The number of ether oxygens (including phenoxy) is 4. The summed E-state index contributed by atoms with van der Waals surface area (Å²) >= 11 is 1.18. The van der Waals surface area contributed by atoms with E-state index in [0.29, 0.717) is 39.1 Å². The maximum absolute atomic E-state index is 12.3. The van der Waals surface area contributed by atoms with Crippen molar-refractivity contribution in [2.75, 3.05) is 32.9 Å². The SMILES string of the molecule is O=C(NC1COC(CCN2CCc3sc(OCC(F)(F)F)nc3C2)OC1)OCc1ccccc1. The summed E-state index contributed by atoms with van der Waals surface area (Å²) in [5.74, 6) is 0. The van der Waals surface area contributed by atoms with E-state index in [1.54, 1.807) is 0 Å². The fraction of sp³-hybridized carbons (Fsp3) is 0.545. The van der Waals surface area contributed by atoms with E-state index in [4.69, 9.17) is 18.9 Å². The lowest BCUT2D eigenvalue weighted by molar-refractivity contribution is -0.192. The van der Waals surface area contributed by atoms with Crippen molar-refractivity contribution in [3.63, 3.8) is 0 Å². The zero-order valence-corrected chi connectivity index (χ0v) is 19.2. The monoisotopic (exact) mass is 501 g/mol. The molecule has 1 fully saturated rings. The number of halogens is 3. The molecule has 0 unspecified atom stereocenters. The first-order chi connectivity index (χ1) is 16.3. The van der Waals surface area contributed by atoms with Crippen LogP contribution in [0.2, 0.25) is 0 Å². The van der Waals surface area contributed by atoms with Gasteiger partial charge in [-0.05, 0) is 12.0 Å². The van der Waals surface area contributed by atoms with Gasteiger partial charge >= 0.3 is 12.3 Å². The van der Waals surface area contributed by atoms with Gasteiger partial charge in [-0.25, -0.2) is 9.78 Å². The third-order valence-electron chi connectivity index (χ3n) is 5.33. The van der Waals surface area contributed by atoms with Gasteiger partial charge in [-0.15, -0.1) is 0 Å². The van der Waals surface area contributed by atoms with Crippen molar-refractivity contribution in [2.45, 2.75) is 44.5 Å². The molecule has 1 saturated heterocycles. The number of aromatic nitrogens is 1. The van der Waals surface area contributed by atoms with Crippen LogP contribution in [-0.4, -0.2) is 67.4 Å². The van der Waals surface area contributed by atoms with Gasteiger partial charge in [0.1, 0.15) is 6.61 Å². The lowest BCUT2D eigenvalue weighted by atomic mass is 10.2. The van der Waals surface area contributed by atoms with E-state index in [1.807, 2.05) is 30.3 Å². The number of benzene rings is 1. The van der Waals surface area contributed by atoms with E-state index in [2.05, 4.69) is 15.2 Å². The molecule has 1 N–H and O–H groups in total. The molecule has 0 aliphatic carbocycles. The number of hydrogen-bond acceptors (Lipinski definition) is 8. The second kappa shape index (κ2) is 11.3. The molecular weight excluding hydrogens is 475 g/mol. The van der Waals surface area contributed by atoms with Crippen molar-refractivity contribution in [3.8, 4) is 5.19 Å². The molecule has 12 heteroatoms. The van der Waals surface area contributed by atoms with Crippen LogP contribution in [0.15, 0.2) is 30.3 Å². The minimum absolute atomic E-state index is 0.0592. The average molecular weight is 502 g/mol. The van der Waals surface area contributed by atoms with Crippen molar-refractivity contribution >= 4 is 17.4 Å². The molecule has 0 atom stereocenters. The molecule has 1 aromatic carbocycles. The van der Waals surface area contributed by atoms with Crippen molar-refractivity contribution in [3.05, 3.63) is 46.5 Å². The van der Waals surface area contributed by atoms with Crippen LogP contribution < -0.4 is 10.1 Å². The Balaban J connectivity index is 1.13. The number of carbonyl (C=O) groups is 1. The molecule has 186 valence electrons. The van der Waals surface area contributed by atoms with Crippen LogP contribution in [0.1, 0.15) is 22.6 Å². The van der Waals surface area contributed by atoms with Crippen LogP contribution in [0.25, 0.3) is 0 Å². The van der Waals surface area contributed by atoms with Gasteiger partial charge in [0.25, 0.3) is 5.19 Å². The van der Waals surface area contributed by atoms with Gasteiger partial charge in [-0.1, -0.05) is 41.7 Å². The summed E-state index contributed by atoms with van der Waals surface area (Å²) in [5.41, 5.74) is 1.67. The Hall–Kier alpha value is -2.41. The van der Waals surface area contributed by atoms with Gasteiger partial charge in [0.15, 0.2) is 12.9 Å². The largest absolute Gasteiger partial charge is 0.460 e. The van der Waals surface area contributed by atoms with E-state index in [0.717, 1.165) is 22.7 Å². The van der Waals surface area contributed by atoms with Crippen LogP contribution in [0, 0.1) is 0 Å². The first-order valence-electron chi connectivity index (χ1n) is 10.9. The molecule has 0 spiro atoms. The van der Waals surface area contributed by atoms with Crippen molar-refractivity contribution in [2.24, 2.45) is 0 Å². The Labute approximate surface area is 199 Å². The first kappa shape index (κ1) is 24.7. The number of amides is 1. The molecule has 8 nitrogen and oxygen atoms in total. The number of hydrogen-bond donors (Lipinski definition) is 1. The molecule has 2 aromatic rings. The van der Waals surface area contributed by atoms with E-state index in [1.165, 1.54) is 11.3 Å². The summed E-state index contributed by atoms with van der Waals surface area (Å²) in [6.07, 6.45) is -3.95. The zero-order valence-electron chi connectivity index (χ0n) is 18.4. The van der Waals surface area contributed by atoms with Crippen LogP contribution in [0.3, 0.4) is 0 Å². The molecular formula is C22H26F3N3O5S. The quantitative estimate of drug-likeness (QED) is 0.593. The third-order valence-corrected chi connectivity index (χ3v) is 6.40. The number of carbonyl (C=O) groups excluding carboxylic acids is 1. The standard InChI is InChI=1S/C22H26F3N3O5S/c23-22(24,25)14-33-21-27-17-10-28(8-6-18(17)34-21)9-7-19-30-12-16(13-31-19)26-20(29)32-11-15-4-2-1-3-5-15/h1-5,16,19H,6-14H2,(H,26,29). The van der Waals surface area contributed by atoms with E-state index in [9.17, 15) is 18.0 Å². The topological polar surface area (TPSA) is 82.2 Å². The predicted molar refractivity (Wildman–Crippen MR) is 117 cm³/mol. The van der Waals surface area contributed by atoms with Gasteiger partial charge in [0.05, 0.1) is 24.9 Å². The zero-order chi connectivity index (χ0) is 24.0. The molecule has 34 heavy (non-hydrogen) atoms. The number of nitrogens with zero attached hydrogens (tertiary/aromatic N) is 2. The Morgan fingerprint density at radius 2 is 2.00 bits per heavy atom. The van der Waals surface area contributed by atoms with Crippen LogP contribution >= 0.6 is 11.3 Å². The molecule has 2 aliphatic rings. The molecule has 3 heterocycles. The smallest absolute Gasteiger partial charge is 0.422 e. The van der Waals surface area contributed by atoms with Crippen molar-refractivity contribution in [1.29, 1.82) is 0 Å². The number of thiazole rings is 1. The highest BCUT2D eigenvalue weighted by Crippen LogP contribution is 2.31. The lowest BCUT2D eigenvalue weighted by Crippen LogP contribution is -2.47. The van der Waals surface area contributed by atoms with E-state index < -0.39 is 18.9 Å². The summed E-state index contributed by atoms with van der Waals surface area (Å²) < 4.78 is 58.5. The number of fused-ring (bicyclic) bond motifs is 1. The highest BCUT2D eigenvalue weighted by Gasteiger charge is 2.30. The molecule has 4 rings (SSSR count). The summed E-state index contributed by atoms with van der Waals surface area (Å²) in [5, 5.41) is 2.80. The number of nitrogens with one attached hydrogen (secondary N) is 1. The van der Waals surface area contributed by atoms with E-state index >= 15 is 0 Å². The summed E-state index contributed by atoms with van der Waals surface area (Å²) in [7, 11) is 0. The molecule has 1 amide bonds. The summed E-state index contributed by atoms with van der Waals surface area (Å²) in [4.78, 5) is 19.3. The van der Waals surface area contributed by atoms with E-state index in [-0.39, 0.29) is 24.1 Å². The minimum atomic E-state index is -4.38. The first-order valence-corrected chi connectivity index (χ1v) is 11.8.